The number of amides is 1. The maximum Gasteiger partial charge on any atom is 0.342 e. The van der Waals surface area contributed by atoms with Gasteiger partial charge in [0.05, 0.1) is 5.69 Å². The normalized spacial score (nSPS) is 14.4. The van der Waals surface area contributed by atoms with Gasteiger partial charge in [-0.2, -0.15) is 5.10 Å². The van der Waals surface area contributed by atoms with Crippen LogP contribution in [0.25, 0.3) is 0 Å². The summed E-state index contributed by atoms with van der Waals surface area (Å²) in [6.07, 6.45) is 0. The molecular formula is C19H24N4O3. The van der Waals surface area contributed by atoms with Gasteiger partial charge in [0.1, 0.15) is 5.56 Å². The quantitative estimate of drug-likeness (QED) is 0.778. The van der Waals surface area contributed by atoms with Crippen molar-refractivity contribution in [2.24, 2.45) is 7.05 Å². The molecule has 1 aromatic carbocycles. The number of aromatic nitrogens is 2. The molecule has 26 heavy (non-hydrogen) atoms. The number of hydrogen-bond acceptors (Lipinski definition) is 5. The number of anilines is 1. The SMILES string of the molecule is Cc1nn(C)c(C)c1C(=O)OCC(=O)N1CCN(c2ccccc2)CC1. The van der Waals surface area contributed by atoms with Crippen molar-refractivity contribution in [3.8, 4) is 0 Å². The maximum atomic E-state index is 12.4. The number of esters is 1. The van der Waals surface area contributed by atoms with E-state index in [0.717, 1.165) is 24.5 Å². The Morgan fingerprint density at radius 2 is 1.73 bits per heavy atom. The molecule has 1 aliphatic rings. The molecule has 0 bridgehead atoms. The second-order valence-corrected chi connectivity index (χ2v) is 6.45. The van der Waals surface area contributed by atoms with E-state index in [4.69, 9.17) is 4.74 Å². The smallest absolute Gasteiger partial charge is 0.342 e. The van der Waals surface area contributed by atoms with Crippen molar-refractivity contribution < 1.29 is 14.3 Å². The number of nitrogens with zero attached hydrogens (tertiary/aromatic N) is 4. The van der Waals surface area contributed by atoms with Gasteiger partial charge in [0.2, 0.25) is 0 Å². The van der Waals surface area contributed by atoms with Gasteiger partial charge in [-0.05, 0) is 26.0 Å². The van der Waals surface area contributed by atoms with E-state index in [1.807, 2.05) is 18.2 Å². The molecule has 2 heterocycles. The van der Waals surface area contributed by atoms with E-state index in [9.17, 15) is 9.59 Å². The molecule has 0 atom stereocenters. The average Bonchev–Trinajstić information content (AvgIpc) is 2.92. The topological polar surface area (TPSA) is 67.7 Å². The summed E-state index contributed by atoms with van der Waals surface area (Å²) < 4.78 is 6.87. The minimum atomic E-state index is -0.496. The van der Waals surface area contributed by atoms with Crippen LogP contribution >= 0.6 is 0 Å². The highest BCUT2D eigenvalue weighted by atomic mass is 16.5. The van der Waals surface area contributed by atoms with Gasteiger partial charge in [0, 0.05) is 44.6 Å². The largest absolute Gasteiger partial charge is 0.452 e. The van der Waals surface area contributed by atoms with Gasteiger partial charge >= 0.3 is 5.97 Å². The predicted octanol–water partition coefficient (Wildman–Crippen LogP) is 1.54. The van der Waals surface area contributed by atoms with Crippen molar-refractivity contribution >= 4 is 17.6 Å². The van der Waals surface area contributed by atoms with Crippen LogP contribution in [0.2, 0.25) is 0 Å². The molecule has 1 fully saturated rings. The van der Waals surface area contributed by atoms with E-state index in [0.29, 0.717) is 24.3 Å². The third-order valence-corrected chi connectivity index (χ3v) is 4.79. The first kappa shape index (κ1) is 18.0. The van der Waals surface area contributed by atoms with E-state index >= 15 is 0 Å². The summed E-state index contributed by atoms with van der Waals surface area (Å²) in [6, 6.07) is 10.1. The standard InChI is InChI=1S/C19H24N4O3/c1-14-18(15(2)21(3)20-14)19(25)26-13-17(24)23-11-9-22(10-12-23)16-7-5-4-6-8-16/h4-8H,9-13H2,1-3H3. The highest BCUT2D eigenvalue weighted by molar-refractivity contribution is 5.93. The van der Waals surface area contributed by atoms with Crippen LogP contribution in [0, 0.1) is 13.8 Å². The third kappa shape index (κ3) is 3.71. The van der Waals surface area contributed by atoms with E-state index in [1.54, 1.807) is 30.5 Å². The Hall–Kier alpha value is -2.83. The summed E-state index contributed by atoms with van der Waals surface area (Å²) >= 11 is 0. The highest BCUT2D eigenvalue weighted by Gasteiger charge is 2.24. The van der Waals surface area contributed by atoms with Crippen molar-refractivity contribution in [2.45, 2.75) is 13.8 Å². The lowest BCUT2D eigenvalue weighted by atomic mass is 10.2. The zero-order valence-electron chi connectivity index (χ0n) is 15.4. The number of rotatable bonds is 4. The second kappa shape index (κ2) is 7.59. The lowest BCUT2D eigenvalue weighted by Crippen LogP contribution is -2.49. The van der Waals surface area contributed by atoms with Crippen molar-refractivity contribution in [3.63, 3.8) is 0 Å². The predicted molar refractivity (Wildman–Crippen MR) is 98.2 cm³/mol. The number of para-hydroxylation sites is 1. The number of ether oxygens (including phenoxy) is 1. The van der Waals surface area contributed by atoms with Crippen molar-refractivity contribution in [1.82, 2.24) is 14.7 Å². The van der Waals surface area contributed by atoms with E-state index in [1.165, 1.54) is 0 Å². The fraction of sp³-hybridized carbons (Fsp3) is 0.421. The highest BCUT2D eigenvalue weighted by Crippen LogP contribution is 2.16. The molecule has 7 nitrogen and oxygen atoms in total. The van der Waals surface area contributed by atoms with E-state index in [2.05, 4.69) is 22.1 Å². The molecule has 3 rings (SSSR count). The fourth-order valence-electron chi connectivity index (χ4n) is 3.21. The Morgan fingerprint density at radius 1 is 1.08 bits per heavy atom. The molecule has 0 saturated carbocycles. The Labute approximate surface area is 153 Å². The molecule has 1 saturated heterocycles. The van der Waals surface area contributed by atoms with Crippen LogP contribution in [-0.2, 0) is 16.6 Å². The van der Waals surface area contributed by atoms with Crippen LogP contribution in [0.15, 0.2) is 30.3 Å². The number of hydrogen-bond donors (Lipinski definition) is 0. The summed E-state index contributed by atoms with van der Waals surface area (Å²) in [5.74, 6) is -0.658. The summed E-state index contributed by atoms with van der Waals surface area (Å²) in [5.41, 5.74) is 2.94. The molecule has 0 unspecified atom stereocenters. The first-order valence-electron chi connectivity index (χ1n) is 8.72. The molecular weight excluding hydrogens is 332 g/mol. The minimum Gasteiger partial charge on any atom is -0.452 e. The zero-order valence-corrected chi connectivity index (χ0v) is 15.4. The maximum absolute atomic E-state index is 12.4. The monoisotopic (exact) mass is 356 g/mol. The molecule has 138 valence electrons. The molecule has 0 aliphatic carbocycles. The molecule has 0 N–H and O–H groups in total. The van der Waals surface area contributed by atoms with Crippen LogP contribution in [0.3, 0.4) is 0 Å². The second-order valence-electron chi connectivity index (χ2n) is 6.45. The molecule has 1 amide bonds. The fourth-order valence-corrected chi connectivity index (χ4v) is 3.21. The van der Waals surface area contributed by atoms with Gasteiger partial charge in [-0.25, -0.2) is 4.79 Å². The van der Waals surface area contributed by atoms with Crippen LogP contribution < -0.4 is 4.90 Å². The number of benzene rings is 1. The molecule has 7 heteroatoms. The summed E-state index contributed by atoms with van der Waals surface area (Å²) in [5, 5.41) is 4.20. The number of carbonyl (C=O) groups excluding carboxylic acids is 2. The van der Waals surface area contributed by atoms with Crippen molar-refractivity contribution in [3.05, 3.63) is 47.3 Å². The average molecular weight is 356 g/mol. The van der Waals surface area contributed by atoms with Crippen LogP contribution in [0.1, 0.15) is 21.7 Å². The van der Waals surface area contributed by atoms with Crippen molar-refractivity contribution in [1.29, 1.82) is 0 Å². The molecule has 1 aromatic heterocycles. The van der Waals surface area contributed by atoms with Crippen LogP contribution in [-0.4, -0.2) is 59.3 Å². The van der Waals surface area contributed by atoms with Gasteiger partial charge in [-0.1, -0.05) is 18.2 Å². The number of aryl methyl sites for hydroxylation is 2. The van der Waals surface area contributed by atoms with Crippen molar-refractivity contribution in [2.75, 3.05) is 37.7 Å². The molecule has 0 spiro atoms. The Kier molecular flexibility index (Phi) is 5.25. The molecule has 0 radical (unpaired) electrons. The van der Waals surface area contributed by atoms with Gasteiger partial charge in [0.15, 0.2) is 6.61 Å². The van der Waals surface area contributed by atoms with E-state index in [-0.39, 0.29) is 12.5 Å². The van der Waals surface area contributed by atoms with Gasteiger partial charge in [0.25, 0.3) is 5.91 Å². The minimum absolute atomic E-state index is 0.162. The first-order valence-corrected chi connectivity index (χ1v) is 8.72. The molecule has 2 aromatic rings. The third-order valence-electron chi connectivity index (χ3n) is 4.79. The summed E-state index contributed by atoms with van der Waals surface area (Å²) in [7, 11) is 1.77. The first-order chi connectivity index (χ1) is 12.5. The van der Waals surface area contributed by atoms with E-state index < -0.39 is 5.97 Å². The van der Waals surface area contributed by atoms with Crippen LogP contribution in [0.4, 0.5) is 5.69 Å². The van der Waals surface area contributed by atoms with Crippen LogP contribution in [0.5, 0.6) is 0 Å². The number of piperazine rings is 1. The Balaban J connectivity index is 1.51. The Morgan fingerprint density at radius 3 is 2.31 bits per heavy atom. The lowest BCUT2D eigenvalue weighted by Gasteiger charge is -2.36. The van der Waals surface area contributed by atoms with Gasteiger partial charge < -0.3 is 14.5 Å². The number of carbonyl (C=O) groups is 2. The summed E-state index contributed by atoms with van der Waals surface area (Å²) in [6.45, 7) is 6.11. The molecule has 1 aliphatic heterocycles. The summed E-state index contributed by atoms with van der Waals surface area (Å²) in [4.78, 5) is 28.6. The van der Waals surface area contributed by atoms with Gasteiger partial charge in [-0.15, -0.1) is 0 Å². The lowest BCUT2D eigenvalue weighted by molar-refractivity contribution is -0.134. The zero-order chi connectivity index (χ0) is 18.7. The van der Waals surface area contributed by atoms with Gasteiger partial charge in [-0.3, -0.25) is 9.48 Å². The Bertz CT molecular complexity index is 793.